The van der Waals surface area contributed by atoms with Gasteiger partial charge in [0.2, 0.25) is 0 Å². The Hall–Kier alpha value is -3.42. The van der Waals surface area contributed by atoms with Crippen LogP contribution in [0, 0.1) is 0 Å². The van der Waals surface area contributed by atoms with Crippen LogP contribution in [0.3, 0.4) is 0 Å². The maximum absolute atomic E-state index is 12.4. The van der Waals surface area contributed by atoms with Crippen molar-refractivity contribution in [1.82, 2.24) is 5.32 Å². The smallest absolute Gasteiger partial charge is 0.342 e. The van der Waals surface area contributed by atoms with E-state index in [-0.39, 0.29) is 11.3 Å². The van der Waals surface area contributed by atoms with Crippen LogP contribution in [0.2, 0.25) is 0 Å². The summed E-state index contributed by atoms with van der Waals surface area (Å²) >= 11 is 0. The number of rotatable bonds is 9. The molecule has 0 aliphatic carbocycles. The Bertz CT molecular complexity index is 866. The van der Waals surface area contributed by atoms with Gasteiger partial charge in [-0.3, -0.25) is 4.79 Å². The number of hydrogen-bond acceptors (Lipinski definition) is 7. The zero-order valence-electron chi connectivity index (χ0n) is 17.1. The molecule has 0 aliphatic rings. The van der Waals surface area contributed by atoms with Crippen LogP contribution in [0.25, 0.3) is 0 Å². The second kappa shape index (κ2) is 10.2. The Kier molecular flexibility index (Phi) is 7.70. The summed E-state index contributed by atoms with van der Waals surface area (Å²) in [6.07, 6.45) is 0. The molecule has 0 saturated heterocycles. The van der Waals surface area contributed by atoms with Crippen LogP contribution in [0.15, 0.2) is 36.4 Å². The predicted molar refractivity (Wildman–Crippen MR) is 106 cm³/mol. The predicted octanol–water partition coefficient (Wildman–Crippen LogP) is 2.76. The molecule has 29 heavy (non-hydrogen) atoms. The number of carbonyl (C=O) groups excluding carboxylic acids is 2. The fourth-order valence-corrected chi connectivity index (χ4v) is 2.80. The number of methoxy groups -OCH3 is 4. The molecule has 8 heteroatoms. The lowest BCUT2D eigenvalue weighted by Crippen LogP contribution is -2.31. The molecule has 1 unspecified atom stereocenters. The van der Waals surface area contributed by atoms with E-state index in [2.05, 4.69) is 5.32 Å². The summed E-state index contributed by atoms with van der Waals surface area (Å²) in [7, 11) is 5.99. The fraction of sp³-hybridized carbons (Fsp3) is 0.333. The van der Waals surface area contributed by atoms with Crippen molar-refractivity contribution in [2.45, 2.75) is 13.0 Å². The fourth-order valence-electron chi connectivity index (χ4n) is 2.80. The van der Waals surface area contributed by atoms with Gasteiger partial charge in [0, 0.05) is 5.56 Å². The quantitative estimate of drug-likeness (QED) is 0.644. The average molecular weight is 403 g/mol. The van der Waals surface area contributed by atoms with Crippen LogP contribution in [0.4, 0.5) is 0 Å². The largest absolute Gasteiger partial charge is 0.497 e. The molecule has 0 radical (unpaired) electrons. The molecule has 0 bridgehead atoms. The highest BCUT2D eigenvalue weighted by Crippen LogP contribution is 2.31. The minimum Gasteiger partial charge on any atom is -0.497 e. The average Bonchev–Trinajstić information content (AvgIpc) is 2.75. The van der Waals surface area contributed by atoms with Crippen LogP contribution >= 0.6 is 0 Å². The topological polar surface area (TPSA) is 92.3 Å². The van der Waals surface area contributed by atoms with Crippen LogP contribution in [0.1, 0.15) is 28.9 Å². The van der Waals surface area contributed by atoms with Gasteiger partial charge in [0.1, 0.15) is 17.1 Å². The van der Waals surface area contributed by atoms with E-state index in [0.717, 1.165) is 5.56 Å². The maximum atomic E-state index is 12.4. The zero-order valence-corrected chi connectivity index (χ0v) is 17.1. The van der Waals surface area contributed by atoms with Gasteiger partial charge in [0.25, 0.3) is 5.91 Å². The van der Waals surface area contributed by atoms with Crippen LogP contribution < -0.4 is 24.3 Å². The SMILES string of the molecule is COc1ccc(OC)c(C(C)NC(=O)COC(=O)c2cccc(OC)c2OC)c1. The number of nitrogens with one attached hydrogen (secondary N) is 1. The third kappa shape index (κ3) is 5.31. The molecular formula is C21H25NO7. The van der Waals surface area contributed by atoms with Crippen molar-refractivity contribution in [3.05, 3.63) is 47.5 Å². The molecule has 1 amide bonds. The van der Waals surface area contributed by atoms with Crippen molar-refractivity contribution < 1.29 is 33.3 Å². The Balaban J connectivity index is 2.03. The van der Waals surface area contributed by atoms with Crippen molar-refractivity contribution in [3.8, 4) is 23.0 Å². The van der Waals surface area contributed by atoms with Crippen LogP contribution in [-0.2, 0) is 9.53 Å². The van der Waals surface area contributed by atoms with E-state index in [1.807, 2.05) is 0 Å². The maximum Gasteiger partial charge on any atom is 0.342 e. The van der Waals surface area contributed by atoms with E-state index >= 15 is 0 Å². The summed E-state index contributed by atoms with van der Waals surface area (Å²) in [5.41, 5.74) is 0.906. The molecule has 156 valence electrons. The lowest BCUT2D eigenvalue weighted by molar-refractivity contribution is -0.124. The van der Waals surface area contributed by atoms with E-state index < -0.39 is 24.5 Å². The van der Waals surface area contributed by atoms with Gasteiger partial charge in [-0.25, -0.2) is 4.79 Å². The van der Waals surface area contributed by atoms with Gasteiger partial charge in [-0.05, 0) is 37.3 Å². The Morgan fingerprint density at radius 3 is 2.28 bits per heavy atom. The van der Waals surface area contributed by atoms with Gasteiger partial charge in [0.15, 0.2) is 18.1 Å². The third-order valence-corrected chi connectivity index (χ3v) is 4.24. The van der Waals surface area contributed by atoms with Crippen molar-refractivity contribution in [3.63, 3.8) is 0 Å². The summed E-state index contributed by atoms with van der Waals surface area (Å²) in [5, 5.41) is 2.77. The van der Waals surface area contributed by atoms with Gasteiger partial charge in [-0.2, -0.15) is 0 Å². The van der Waals surface area contributed by atoms with Crippen molar-refractivity contribution in [1.29, 1.82) is 0 Å². The van der Waals surface area contributed by atoms with E-state index in [9.17, 15) is 9.59 Å². The molecular weight excluding hydrogens is 378 g/mol. The molecule has 2 rings (SSSR count). The van der Waals surface area contributed by atoms with Crippen molar-refractivity contribution in [2.24, 2.45) is 0 Å². The van der Waals surface area contributed by atoms with E-state index in [0.29, 0.717) is 17.2 Å². The second-order valence-electron chi connectivity index (χ2n) is 6.01. The molecule has 0 aromatic heterocycles. The molecule has 8 nitrogen and oxygen atoms in total. The molecule has 2 aromatic rings. The molecule has 0 saturated carbocycles. The molecule has 0 aliphatic heterocycles. The van der Waals surface area contributed by atoms with Crippen LogP contribution in [-0.4, -0.2) is 46.9 Å². The molecule has 0 spiro atoms. The highest BCUT2D eigenvalue weighted by molar-refractivity contribution is 5.95. The number of esters is 1. The van der Waals surface area contributed by atoms with Crippen molar-refractivity contribution >= 4 is 11.9 Å². The third-order valence-electron chi connectivity index (χ3n) is 4.24. The summed E-state index contributed by atoms with van der Waals surface area (Å²) < 4.78 is 26.1. The number of carbonyl (C=O) groups is 2. The van der Waals surface area contributed by atoms with Crippen LogP contribution in [0.5, 0.6) is 23.0 Å². The molecule has 0 fully saturated rings. The monoisotopic (exact) mass is 403 g/mol. The van der Waals surface area contributed by atoms with E-state index in [1.165, 1.54) is 20.3 Å². The summed E-state index contributed by atoms with van der Waals surface area (Å²) in [5.74, 6) is 0.732. The first-order valence-electron chi connectivity index (χ1n) is 8.84. The number of para-hydroxylation sites is 1. The second-order valence-corrected chi connectivity index (χ2v) is 6.01. The van der Waals surface area contributed by atoms with E-state index in [1.54, 1.807) is 51.5 Å². The zero-order chi connectivity index (χ0) is 21.4. The summed E-state index contributed by atoms with van der Waals surface area (Å²) in [6.45, 7) is 1.35. The molecule has 1 N–H and O–H groups in total. The summed E-state index contributed by atoms with van der Waals surface area (Å²) in [4.78, 5) is 24.6. The minimum absolute atomic E-state index is 0.169. The van der Waals surface area contributed by atoms with Gasteiger partial charge in [0.05, 0.1) is 34.5 Å². The Morgan fingerprint density at radius 2 is 1.66 bits per heavy atom. The van der Waals surface area contributed by atoms with Gasteiger partial charge < -0.3 is 29.0 Å². The Labute approximate surface area is 169 Å². The first-order valence-corrected chi connectivity index (χ1v) is 8.84. The summed E-state index contributed by atoms with van der Waals surface area (Å²) in [6, 6.07) is 9.73. The van der Waals surface area contributed by atoms with Gasteiger partial charge >= 0.3 is 5.97 Å². The lowest BCUT2D eigenvalue weighted by Gasteiger charge is -2.18. The normalized spacial score (nSPS) is 11.2. The molecule has 0 heterocycles. The minimum atomic E-state index is -0.692. The first kappa shape index (κ1) is 21.9. The van der Waals surface area contributed by atoms with Gasteiger partial charge in [-0.1, -0.05) is 6.07 Å². The Morgan fingerprint density at radius 1 is 0.931 bits per heavy atom. The molecule has 1 atom stereocenters. The highest BCUT2D eigenvalue weighted by atomic mass is 16.5. The first-order chi connectivity index (χ1) is 13.9. The van der Waals surface area contributed by atoms with E-state index in [4.69, 9.17) is 23.7 Å². The number of amides is 1. The molecule has 2 aromatic carbocycles. The highest BCUT2D eigenvalue weighted by Gasteiger charge is 2.20. The number of hydrogen-bond donors (Lipinski definition) is 1. The standard InChI is InChI=1S/C21H25NO7/c1-13(16-11-14(25-2)9-10-17(16)26-3)22-19(23)12-29-21(24)15-7-6-8-18(27-4)20(15)28-5/h6-11,13H,12H2,1-5H3,(H,22,23). The number of ether oxygens (including phenoxy) is 5. The number of benzene rings is 2. The lowest BCUT2D eigenvalue weighted by atomic mass is 10.1. The van der Waals surface area contributed by atoms with Gasteiger partial charge in [-0.15, -0.1) is 0 Å². The van der Waals surface area contributed by atoms with Crippen molar-refractivity contribution in [2.75, 3.05) is 35.0 Å².